The van der Waals surface area contributed by atoms with Crippen LogP contribution in [-0.2, 0) is 6.61 Å². The van der Waals surface area contributed by atoms with Gasteiger partial charge >= 0.3 is 0 Å². The fraction of sp³-hybridized carbons (Fsp3) is 0.200. The molecule has 0 spiro atoms. The molecule has 6 heteroatoms. The van der Waals surface area contributed by atoms with Crippen LogP contribution in [0.3, 0.4) is 0 Å². The molecule has 1 aromatic carbocycles. The number of rotatable bonds is 5. The third-order valence-electron chi connectivity index (χ3n) is 3.04. The number of hydrogen-bond acceptors (Lipinski definition) is 5. The van der Waals surface area contributed by atoms with Crippen LogP contribution >= 0.6 is 11.3 Å². The number of thiophene rings is 1. The van der Waals surface area contributed by atoms with Gasteiger partial charge in [0.05, 0.1) is 18.1 Å². The third kappa shape index (κ3) is 2.55. The van der Waals surface area contributed by atoms with E-state index in [1.54, 1.807) is 16.0 Å². The monoisotopic (exact) mass is 301 g/mol. The summed E-state index contributed by atoms with van der Waals surface area (Å²) in [5.74, 6) is 0.743. The number of ether oxygens (including phenoxy) is 1. The lowest BCUT2D eigenvalue weighted by atomic mass is 10.2. The third-order valence-corrected chi connectivity index (χ3v) is 3.91. The van der Waals surface area contributed by atoms with Crippen LogP contribution in [0, 0.1) is 0 Å². The molecule has 0 saturated carbocycles. The molecule has 5 nitrogen and oxygen atoms in total. The molecule has 0 aliphatic carbocycles. The van der Waals surface area contributed by atoms with Crippen LogP contribution in [0.2, 0.25) is 0 Å². The van der Waals surface area contributed by atoms with Crippen molar-refractivity contribution in [2.75, 3.05) is 6.61 Å². The minimum Gasteiger partial charge on any atom is -0.492 e. The van der Waals surface area contributed by atoms with E-state index in [0.717, 1.165) is 22.0 Å². The molecule has 3 rings (SSSR count). The van der Waals surface area contributed by atoms with Crippen LogP contribution in [0.25, 0.3) is 16.3 Å². The highest BCUT2D eigenvalue weighted by molar-refractivity contribution is 7.13. The van der Waals surface area contributed by atoms with E-state index in [1.807, 2.05) is 48.7 Å². The zero-order valence-electron chi connectivity index (χ0n) is 11.6. The lowest BCUT2D eigenvalue weighted by Crippen LogP contribution is -2.03. The average Bonchev–Trinajstić information content (AvgIpc) is 3.16. The molecule has 0 aliphatic rings. The molecular formula is C15H15N3O2S. The summed E-state index contributed by atoms with van der Waals surface area (Å²) in [6.07, 6.45) is 0. The van der Waals surface area contributed by atoms with Crippen molar-refractivity contribution < 1.29 is 9.84 Å². The van der Waals surface area contributed by atoms with Crippen LogP contribution in [0.15, 0.2) is 41.8 Å². The molecule has 3 aromatic rings. The van der Waals surface area contributed by atoms with Gasteiger partial charge in [0, 0.05) is 0 Å². The summed E-state index contributed by atoms with van der Waals surface area (Å²) in [4.78, 5) is 1.01. The topological polar surface area (TPSA) is 60.2 Å². The molecule has 0 aliphatic heterocycles. The molecule has 108 valence electrons. The van der Waals surface area contributed by atoms with E-state index in [1.165, 1.54) is 0 Å². The van der Waals surface area contributed by atoms with E-state index < -0.39 is 0 Å². The van der Waals surface area contributed by atoms with Gasteiger partial charge in [0.15, 0.2) is 0 Å². The van der Waals surface area contributed by atoms with E-state index >= 15 is 0 Å². The number of nitrogens with zero attached hydrogens (tertiary/aromatic N) is 3. The Balaban J connectivity index is 2.18. The average molecular weight is 301 g/mol. The van der Waals surface area contributed by atoms with Gasteiger partial charge < -0.3 is 9.84 Å². The smallest absolute Gasteiger partial charge is 0.145 e. The summed E-state index contributed by atoms with van der Waals surface area (Å²) in [6, 6.07) is 11.6. The highest BCUT2D eigenvalue weighted by atomic mass is 32.1. The Hall–Kier alpha value is -2.18. The largest absolute Gasteiger partial charge is 0.492 e. The maximum absolute atomic E-state index is 9.51. The van der Waals surface area contributed by atoms with Gasteiger partial charge in [-0.25, -0.2) is 4.68 Å². The first-order valence-corrected chi connectivity index (χ1v) is 7.54. The minimum atomic E-state index is -0.149. The molecule has 2 heterocycles. The molecule has 0 amide bonds. The fourth-order valence-corrected chi connectivity index (χ4v) is 2.93. The molecule has 0 fully saturated rings. The van der Waals surface area contributed by atoms with Gasteiger partial charge in [-0.15, -0.1) is 16.4 Å². The number of aliphatic hydroxyl groups is 1. The number of aromatic nitrogens is 3. The first-order chi connectivity index (χ1) is 10.3. The van der Waals surface area contributed by atoms with E-state index in [4.69, 9.17) is 4.74 Å². The predicted molar refractivity (Wildman–Crippen MR) is 81.8 cm³/mol. The molecule has 0 radical (unpaired) electrons. The van der Waals surface area contributed by atoms with E-state index in [0.29, 0.717) is 12.3 Å². The van der Waals surface area contributed by atoms with Crippen molar-refractivity contribution in [1.29, 1.82) is 0 Å². The Morgan fingerprint density at radius 3 is 2.81 bits per heavy atom. The van der Waals surface area contributed by atoms with Gasteiger partial charge in [-0.05, 0) is 30.5 Å². The van der Waals surface area contributed by atoms with Gasteiger partial charge in [0.1, 0.15) is 22.8 Å². The first-order valence-electron chi connectivity index (χ1n) is 6.66. The number of para-hydroxylation sites is 2. The lowest BCUT2D eigenvalue weighted by molar-refractivity contribution is 0.277. The van der Waals surface area contributed by atoms with Crippen molar-refractivity contribution in [3.8, 4) is 22.0 Å². The van der Waals surface area contributed by atoms with Crippen molar-refractivity contribution in [2.24, 2.45) is 0 Å². The molecule has 0 saturated heterocycles. The van der Waals surface area contributed by atoms with E-state index in [-0.39, 0.29) is 6.61 Å². The summed E-state index contributed by atoms with van der Waals surface area (Å²) in [5, 5.41) is 19.8. The molecular weight excluding hydrogens is 286 g/mol. The van der Waals surface area contributed by atoms with Crippen molar-refractivity contribution in [3.05, 3.63) is 47.5 Å². The lowest BCUT2D eigenvalue weighted by Gasteiger charge is -2.11. The van der Waals surface area contributed by atoms with Crippen LogP contribution in [0.4, 0.5) is 0 Å². The Labute approximate surface area is 126 Å². The van der Waals surface area contributed by atoms with Crippen molar-refractivity contribution in [3.63, 3.8) is 0 Å². The van der Waals surface area contributed by atoms with Gasteiger partial charge in [-0.2, -0.15) is 0 Å². The van der Waals surface area contributed by atoms with E-state index in [9.17, 15) is 5.11 Å². The van der Waals surface area contributed by atoms with Gasteiger partial charge in [0.2, 0.25) is 0 Å². The number of hydrogen-bond donors (Lipinski definition) is 1. The highest BCUT2D eigenvalue weighted by Crippen LogP contribution is 2.32. The van der Waals surface area contributed by atoms with Crippen molar-refractivity contribution in [2.45, 2.75) is 13.5 Å². The second-order valence-electron chi connectivity index (χ2n) is 4.33. The van der Waals surface area contributed by atoms with Crippen LogP contribution in [0.1, 0.15) is 12.6 Å². The maximum Gasteiger partial charge on any atom is 0.145 e. The van der Waals surface area contributed by atoms with Crippen LogP contribution in [0.5, 0.6) is 5.75 Å². The number of benzene rings is 1. The summed E-state index contributed by atoms with van der Waals surface area (Å²) in [7, 11) is 0. The van der Waals surface area contributed by atoms with Crippen LogP contribution in [-0.4, -0.2) is 26.7 Å². The predicted octanol–water partition coefficient (Wildman–Crippen LogP) is 2.89. The summed E-state index contributed by atoms with van der Waals surface area (Å²) in [5.41, 5.74) is 2.18. The minimum absolute atomic E-state index is 0.149. The van der Waals surface area contributed by atoms with Crippen LogP contribution < -0.4 is 4.74 Å². The normalized spacial score (nSPS) is 10.8. The molecule has 0 atom stereocenters. The summed E-state index contributed by atoms with van der Waals surface area (Å²) in [6.45, 7) is 2.37. The standard InChI is InChI=1S/C15H15N3O2S/c1-2-20-13-7-4-3-6-12(13)18-15(11(10-19)16-17-18)14-8-5-9-21-14/h3-9,19H,2,10H2,1H3. The Morgan fingerprint density at radius 1 is 1.24 bits per heavy atom. The Bertz CT molecular complexity index is 722. The zero-order chi connectivity index (χ0) is 14.7. The molecule has 0 unspecified atom stereocenters. The molecule has 2 aromatic heterocycles. The van der Waals surface area contributed by atoms with E-state index in [2.05, 4.69) is 10.3 Å². The second-order valence-corrected chi connectivity index (χ2v) is 5.28. The Kier molecular flexibility index (Phi) is 3.98. The zero-order valence-corrected chi connectivity index (χ0v) is 12.4. The Morgan fingerprint density at radius 2 is 2.10 bits per heavy atom. The van der Waals surface area contributed by atoms with Gasteiger partial charge in [0.25, 0.3) is 0 Å². The van der Waals surface area contributed by atoms with Crippen molar-refractivity contribution in [1.82, 2.24) is 15.0 Å². The number of aliphatic hydroxyl groups excluding tert-OH is 1. The van der Waals surface area contributed by atoms with Crippen molar-refractivity contribution >= 4 is 11.3 Å². The second kappa shape index (κ2) is 6.07. The maximum atomic E-state index is 9.51. The molecule has 21 heavy (non-hydrogen) atoms. The quantitative estimate of drug-likeness (QED) is 0.787. The fourth-order valence-electron chi connectivity index (χ4n) is 2.16. The first kappa shape index (κ1) is 13.8. The SMILES string of the molecule is CCOc1ccccc1-n1nnc(CO)c1-c1cccs1. The molecule has 0 bridgehead atoms. The van der Waals surface area contributed by atoms with Gasteiger partial charge in [-0.1, -0.05) is 23.4 Å². The summed E-state index contributed by atoms with van der Waals surface area (Å²) < 4.78 is 7.38. The summed E-state index contributed by atoms with van der Waals surface area (Å²) >= 11 is 1.59. The van der Waals surface area contributed by atoms with Gasteiger partial charge in [-0.3, -0.25) is 0 Å². The molecule has 1 N–H and O–H groups in total. The highest BCUT2D eigenvalue weighted by Gasteiger charge is 2.18.